The van der Waals surface area contributed by atoms with E-state index in [1.807, 2.05) is 0 Å². The molecule has 72 valence electrons. The number of likely N-dealkylation sites (N-methyl/N-ethyl adjacent to an activating group) is 1. The van der Waals surface area contributed by atoms with Crippen molar-refractivity contribution in [3.63, 3.8) is 0 Å². The van der Waals surface area contributed by atoms with E-state index in [4.69, 9.17) is 0 Å². The van der Waals surface area contributed by atoms with Crippen LogP contribution in [0.2, 0.25) is 0 Å². The van der Waals surface area contributed by atoms with Gasteiger partial charge in [-0.05, 0) is 41.7 Å². The zero-order valence-corrected chi connectivity index (χ0v) is 9.20. The van der Waals surface area contributed by atoms with Gasteiger partial charge in [-0.3, -0.25) is 9.80 Å². The van der Waals surface area contributed by atoms with E-state index in [0.717, 1.165) is 0 Å². The van der Waals surface area contributed by atoms with Crippen LogP contribution in [-0.4, -0.2) is 41.1 Å². The van der Waals surface area contributed by atoms with Gasteiger partial charge in [0.15, 0.2) is 0 Å². The minimum Gasteiger partial charge on any atom is -0.287 e. The first-order valence-corrected chi connectivity index (χ1v) is 4.96. The summed E-state index contributed by atoms with van der Waals surface area (Å²) in [6, 6.07) is 2.02. The Labute approximate surface area is 76.5 Å². The quantitative estimate of drug-likeness (QED) is 0.592. The van der Waals surface area contributed by atoms with Crippen molar-refractivity contribution in [1.82, 2.24) is 9.80 Å². The molecule has 1 heterocycles. The molecule has 3 unspecified atom stereocenters. The average Bonchev–Trinajstić information content (AvgIpc) is 2.16. The molecule has 1 rings (SSSR count). The lowest BCUT2D eigenvalue weighted by Crippen LogP contribution is -2.41. The maximum Gasteiger partial charge on any atom is 0.0599 e. The Hall–Kier alpha value is -0.0800. The lowest BCUT2D eigenvalue weighted by Gasteiger charge is -2.30. The molecule has 3 atom stereocenters. The van der Waals surface area contributed by atoms with Crippen molar-refractivity contribution in [1.29, 1.82) is 0 Å². The molecule has 0 aromatic carbocycles. The Kier molecular flexibility index (Phi) is 2.79. The molecule has 0 amide bonds. The minimum absolute atomic E-state index is 0.593. The zero-order valence-electron chi connectivity index (χ0n) is 9.20. The van der Waals surface area contributed by atoms with E-state index in [-0.39, 0.29) is 0 Å². The second-order valence-corrected chi connectivity index (χ2v) is 4.32. The van der Waals surface area contributed by atoms with Crippen molar-refractivity contribution < 1.29 is 0 Å². The molecule has 2 nitrogen and oxygen atoms in total. The molecule has 0 radical (unpaired) electrons. The van der Waals surface area contributed by atoms with Crippen LogP contribution in [0.1, 0.15) is 34.6 Å². The van der Waals surface area contributed by atoms with Crippen LogP contribution < -0.4 is 0 Å². The fourth-order valence-electron chi connectivity index (χ4n) is 2.38. The highest BCUT2D eigenvalue weighted by Crippen LogP contribution is 2.26. The van der Waals surface area contributed by atoms with Gasteiger partial charge >= 0.3 is 0 Å². The topological polar surface area (TPSA) is 6.48 Å². The highest BCUT2D eigenvalue weighted by Gasteiger charge is 2.38. The van der Waals surface area contributed by atoms with Crippen LogP contribution in [0.25, 0.3) is 0 Å². The maximum absolute atomic E-state index is 2.57. The fraction of sp³-hybridized carbons (Fsp3) is 1.00. The monoisotopic (exact) mass is 170 g/mol. The molecule has 0 aromatic rings. The lowest BCUT2D eigenvalue weighted by molar-refractivity contribution is 0.121. The van der Waals surface area contributed by atoms with Crippen LogP contribution in [-0.2, 0) is 0 Å². The third kappa shape index (κ3) is 1.38. The van der Waals surface area contributed by atoms with Gasteiger partial charge in [0.1, 0.15) is 0 Å². The molecule has 2 heteroatoms. The van der Waals surface area contributed by atoms with Crippen molar-refractivity contribution >= 4 is 0 Å². The van der Waals surface area contributed by atoms with Crippen molar-refractivity contribution in [3.05, 3.63) is 0 Å². The fourth-order valence-corrected chi connectivity index (χ4v) is 2.38. The van der Waals surface area contributed by atoms with Gasteiger partial charge in [0.2, 0.25) is 0 Å². The summed E-state index contributed by atoms with van der Waals surface area (Å²) in [5.41, 5.74) is 0. The summed E-state index contributed by atoms with van der Waals surface area (Å²) in [7, 11) is 2.22. The van der Waals surface area contributed by atoms with Crippen LogP contribution in [0, 0.1) is 0 Å². The largest absolute Gasteiger partial charge is 0.287 e. The first-order chi connectivity index (χ1) is 5.46. The molecule has 0 saturated carbocycles. The summed E-state index contributed by atoms with van der Waals surface area (Å²) in [5.74, 6) is 0. The minimum atomic E-state index is 0.593. The first kappa shape index (κ1) is 10.0. The second-order valence-electron chi connectivity index (χ2n) is 4.32. The standard InChI is InChI=1S/C10H22N2/c1-7(2)12-9(4)8(3)11(6)10(12)5/h7-10H,1-6H3. The predicted octanol–water partition coefficient (Wildman–Crippen LogP) is 1.77. The number of hydrogen-bond acceptors (Lipinski definition) is 2. The average molecular weight is 170 g/mol. The molecular weight excluding hydrogens is 148 g/mol. The molecule has 0 aliphatic carbocycles. The number of nitrogens with zero attached hydrogens (tertiary/aromatic N) is 2. The molecule has 0 aromatic heterocycles. The van der Waals surface area contributed by atoms with Gasteiger partial charge in [-0.15, -0.1) is 0 Å². The second kappa shape index (κ2) is 3.35. The summed E-state index contributed by atoms with van der Waals surface area (Å²) in [4.78, 5) is 5.02. The molecular formula is C10H22N2. The molecule has 0 N–H and O–H groups in total. The van der Waals surface area contributed by atoms with Crippen molar-refractivity contribution in [2.24, 2.45) is 0 Å². The highest BCUT2D eigenvalue weighted by molar-refractivity contribution is 4.91. The van der Waals surface area contributed by atoms with Crippen molar-refractivity contribution in [2.45, 2.75) is 58.9 Å². The third-order valence-electron chi connectivity index (χ3n) is 3.43. The van der Waals surface area contributed by atoms with Crippen LogP contribution >= 0.6 is 0 Å². The Morgan fingerprint density at radius 3 is 1.67 bits per heavy atom. The summed E-state index contributed by atoms with van der Waals surface area (Å²) >= 11 is 0. The number of rotatable bonds is 1. The van der Waals surface area contributed by atoms with E-state index < -0.39 is 0 Å². The van der Waals surface area contributed by atoms with E-state index in [9.17, 15) is 0 Å². The lowest BCUT2D eigenvalue weighted by atomic mass is 10.1. The summed E-state index contributed by atoms with van der Waals surface area (Å²) in [5, 5.41) is 0. The highest BCUT2D eigenvalue weighted by atomic mass is 15.4. The Balaban J connectivity index is 2.76. The first-order valence-electron chi connectivity index (χ1n) is 4.96. The molecule has 1 saturated heterocycles. The summed E-state index contributed by atoms with van der Waals surface area (Å²) < 4.78 is 0. The van der Waals surface area contributed by atoms with Crippen LogP contribution in [0.5, 0.6) is 0 Å². The predicted molar refractivity (Wildman–Crippen MR) is 53.1 cm³/mol. The van der Waals surface area contributed by atoms with Gasteiger partial charge < -0.3 is 0 Å². The van der Waals surface area contributed by atoms with Gasteiger partial charge in [-0.1, -0.05) is 0 Å². The smallest absolute Gasteiger partial charge is 0.0599 e. The summed E-state index contributed by atoms with van der Waals surface area (Å²) in [6.45, 7) is 11.5. The Morgan fingerprint density at radius 2 is 1.50 bits per heavy atom. The van der Waals surface area contributed by atoms with Crippen molar-refractivity contribution in [2.75, 3.05) is 7.05 Å². The van der Waals surface area contributed by atoms with E-state index in [1.54, 1.807) is 0 Å². The van der Waals surface area contributed by atoms with Crippen LogP contribution in [0.15, 0.2) is 0 Å². The van der Waals surface area contributed by atoms with Gasteiger partial charge in [-0.2, -0.15) is 0 Å². The normalized spacial score (nSPS) is 39.8. The zero-order chi connectivity index (χ0) is 9.46. The van der Waals surface area contributed by atoms with Gasteiger partial charge in [0.25, 0.3) is 0 Å². The SMILES string of the molecule is CC1C(C)N(C(C)C)C(C)N1C. The molecule has 1 aliphatic heterocycles. The Bertz CT molecular complexity index is 142. The van der Waals surface area contributed by atoms with Gasteiger partial charge in [0.05, 0.1) is 6.17 Å². The third-order valence-corrected chi connectivity index (χ3v) is 3.43. The van der Waals surface area contributed by atoms with E-state index in [0.29, 0.717) is 24.3 Å². The summed E-state index contributed by atoms with van der Waals surface area (Å²) in [6.07, 6.45) is 0.593. The molecule has 0 spiro atoms. The molecule has 0 bridgehead atoms. The molecule has 1 aliphatic rings. The van der Waals surface area contributed by atoms with E-state index >= 15 is 0 Å². The van der Waals surface area contributed by atoms with E-state index in [2.05, 4.69) is 51.5 Å². The van der Waals surface area contributed by atoms with Crippen LogP contribution in [0.4, 0.5) is 0 Å². The number of hydrogen-bond donors (Lipinski definition) is 0. The Morgan fingerprint density at radius 1 is 1.00 bits per heavy atom. The van der Waals surface area contributed by atoms with Crippen molar-refractivity contribution in [3.8, 4) is 0 Å². The van der Waals surface area contributed by atoms with E-state index in [1.165, 1.54) is 0 Å². The molecule has 1 fully saturated rings. The molecule has 12 heavy (non-hydrogen) atoms. The van der Waals surface area contributed by atoms with Gasteiger partial charge in [-0.25, -0.2) is 0 Å². The van der Waals surface area contributed by atoms with Gasteiger partial charge in [0, 0.05) is 18.1 Å². The van der Waals surface area contributed by atoms with Crippen LogP contribution in [0.3, 0.4) is 0 Å². The maximum atomic E-state index is 2.57.